The van der Waals surface area contributed by atoms with Crippen LogP contribution in [0.1, 0.15) is 43.9 Å². The fourth-order valence-corrected chi connectivity index (χ4v) is 4.91. The molecule has 218 valence electrons. The highest BCUT2D eigenvalue weighted by Crippen LogP contribution is 2.30. The number of nitrogens with one attached hydrogen (secondary N) is 3. The van der Waals surface area contributed by atoms with Crippen LogP contribution < -0.4 is 21.9 Å². The number of aromatic amines is 1. The number of aromatic nitrogens is 2. The molecule has 4 aromatic rings. The Bertz CT molecular complexity index is 1690. The number of nitrogens with zero attached hydrogens (tertiary/aromatic N) is 2. The molecule has 0 aliphatic carbocycles. The van der Waals surface area contributed by atoms with Gasteiger partial charge < -0.3 is 16.4 Å². The highest BCUT2D eigenvalue weighted by molar-refractivity contribution is 8.13. The van der Waals surface area contributed by atoms with Gasteiger partial charge in [-0.2, -0.15) is 10.1 Å². The lowest BCUT2D eigenvalue weighted by Gasteiger charge is -2.11. The second-order valence-corrected chi connectivity index (χ2v) is 10.5. The van der Waals surface area contributed by atoms with Crippen LogP contribution in [0.25, 0.3) is 21.9 Å². The zero-order valence-electron chi connectivity index (χ0n) is 23.6. The normalized spacial score (nSPS) is 11.5. The Labute approximate surface area is 247 Å². The van der Waals surface area contributed by atoms with Crippen molar-refractivity contribution in [1.82, 2.24) is 15.5 Å². The van der Waals surface area contributed by atoms with Crippen molar-refractivity contribution in [3.05, 3.63) is 88.1 Å². The Morgan fingerprint density at radius 3 is 2.60 bits per heavy atom. The largest absolute Gasteiger partial charge is 0.380 e. The maximum atomic E-state index is 14.9. The van der Waals surface area contributed by atoms with Gasteiger partial charge in [0.15, 0.2) is 10.9 Å². The maximum absolute atomic E-state index is 14.9. The molecule has 6 N–H and O–H groups in total. The first-order chi connectivity index (χ1) is 20.3. The molecule has 9 nitrogen and oxygen atoms in total. The van der Waals surface area contributed by atoms with E-state index in [4.69, 9.17) is 0 Å². The summed E-state index contributed by atoms with van der Waals surface area (Å²) >= 11 is 1.22. The van der Waals surface area contributed by atoms with E-state index >= 15 is 0 Å². The van der Waals surface area contributed by atoms with Crippen molar-refractivity contribution in [1.29, 1.82) is 0 Å². The Hall–Kier alpha value is -4.35. The zero-order valence-corrected chi connectivity index (χ0v) is 24.4. The molecule has 0 spiro atoms. The number of hydrogen-bond acceptors (Lipinski definition) is 6. The number of thioether (sulfide) groups is 1. The Kier molecular flexibility index (Phi) is 10.6. The third kappa shape index (κ3) is 7.89. The molecule has 0 saturated carbocycles. The summed E-state index contributed by atoms with van der Waals surface area (Å²) in [7, 11) is 0. The number of halogens is 1. The van der Waals surface area contributed by atoms with E-state index in [1.165, 1.54) is 17.8 Å². The van der Waals surface area contributed by atoms with Crippen LogP contribution in [0.3, 0.4) is 0 Å². The highest BCUT2D eigenvalue weighted by atomic mass is 32.2. The van der Waals surface area contributed by atoms with E-state index in [9.17, 15) is 18.8 Å². The zero-order chi connectivity index (χ0) is 30.1. The molecule has 0 unspecified atom stereocenters. The molecule has 1 aromatic heterocycles. The summed E-state index contributed by atoms with van der Waals surface area (Å²) in [6.45, 7) is 2.43. The second kappa shape index (κ2) is 14.5. The number of amides is 2. The number of carbonyl (C=O) groups excluding carboxylic acids is 2. The van der Waals surface area contributed by atoms with Gasteiger partial charge in [-0.15, -0.1) is 0 Å². The molecular formula is C31H34FN6O3S+. The fourth-order valence-electron chi connectivity index (χ4n) is 4.50. The molecule has 1 heterocycles. The first kappa shape index (κ1) is 30.6. The molecule has 0 bridgehead atoms. The minimum atomic E-state index is -0.354. The minimum Gasteiger partial charge on any atom is -0.380 e. The minimum absolute atomic E-state index is 0.155. The number of quaternary nitrogens is 1. The predicted molar refractivity (Wildman–Crippen MR) is 166 cm³/mol. The number of rotatable bonds is 10. The van der Waals surface area contributed by atoms with Crippen LogP contribution in [0.15, 0.2) is 70.5 Å². The lowest BCUT2D eigenvalue weighted by Crippen LogP contribution is -2.41. The molecule has 0 fully saturated rings. The second-order valence-electron chi connectivity index (χ2n) is 9.75. The SMILES string of the molecule is CCCC(=O)NC(=NC(=O)CCCNc1ccc(-c2cc(Cc3n[nH]c(=O)c4ccccc34)ccc2F)cc1[NH3+])SC. The topological polar surface area (TPSA) is 144 Å². The summed E-state index contributed by atoms with van der Waals surface area (Å²) in [4.78, 5) is 40.1. The standard InChI is InChI=1S/C31H33FN6O3S/c1-3-7-28(39)35-31(42-2)36-29(40)10-6-15-34-26-14-12-20(18-25(26)33)23-16-19(11-13-24(23)32)17-27-21-8-4-5-9-22(21)30(41)38-37-27/h4-5,8-9,11-14,16,18,34H,3,6-7,10,15,17,33H2,1-2H3,(H,38,41)(H,35,36,39,40)/p+1. The Balaban J connectivity index is 1.39. The van der Waals surface area contributed by atoms with Gasteiger partial charge >= 0.3 is 0 Å². The van der Waals surface area contributed by atoms with Crippen molar-refractivity contribution in [2.45, 2.75) is 39.0 Å². The van der Waals surface area contributed by atoms with E-state index in [-0.39, 0.29) is 29.6 Å². The number of carbonyl (C=O) groups is 2. The maximum Gasteiger partial charge on any atom is 0.272 e. The monoisotopic (exact) mass is 589 g/mol. The van der Waals surface area contributed by atoms with E-state index in [1.54, 1.807) is 30.5 Å². The number of anilines is 1. The van der Waals surface area contributed by atoms with Gasteiger partial charge in [-0.3, -0.25) is 14.4 Å². The number of hydrogen-bond donors (Lipinski definition) is 4. The summed E-state index contributed by atoms with van der Waals surface area (Å²) in [6.07, 6.45) is 4.05. The predicted octanol–water partition coefficient (Wildman–Crippen LogP) is 4.55. The molecule has 0 aliphatic heterocycles. The van der Waals surface area contributed by atoms with Gasteiger partial charge in [-0.25, -0.2) is 9.49 Å². The third-order valence-electron chi connectivity index (χ3n) is 6.62. The molecule has 3 aromatic carbocycles. The average Bonchev–Trinajstić information content (AvgIpc) is 2.98. The fraction of sp³-hybridized carbons (Fsp3) is 0.258. The number of aliphatic imine (C=N–C) groups is 1. The Morgan fingerprint density at radius 2 is 1.86 bits per heavy atom. The van der Waals surface area contributed by atoms with Gasteiger partial charge in [0, 0.05) is 42.8 Å². The summed E-state index contributed by atoms with van der Waals surface area (Å²) in [5, 5.41) is 14.4. The lowest BCUT2D eigenvalue weighted by molar-refractivity contribution is -0.253. The number of amidine groups is 1. The van der Waals surface area contributed by atoms with Gasteiger partial charge in [0.25, 0.3) is 5.56 Å². The molecule has 0 aliphatic rings. The molecular weight excluding hydrogens is 555 g/mol. The first-order valence-electron chi connectivity index (χ1n) is 13.7. The molecule has 0 saturated heterocycles. The van der Waals surface area contributed by atoms with Crippen LogP contribution in [0.5, 0.6) is 0 Å². The summed E-state index contributed by atoms with van der Waals surface area (Å²) in [6, 6.07) is 17.7. The molecule has 42 heavy (non-hydrogen) atoms. The molecule has 11 heteroatoms. The van der Waals surface area contributed by atoms with E-state index in [2.05, 4.69) is 31.6 Å². The van der Waals surface area contributed by atoms with Crippen LogP contribution in [-0.4, -0.2) is 40.0 Å². The average molecular weight is 590 g/mol. The van der Waals surface area contributed by atoms with E-state index < -0.39 is 0 Å². The van der Waals surface area contributed by atoms with Gasteiger partial charge in [-0.05, 0) is 54.5 Å². The number of H-pyrrole nitrogens is 1. The molecule has 2 amide bonds. The molecule has 0 radical (unpaired) electrons. The number of fused-ring (bicyclic) bond motifs is 1. The molecule has 4 rings (SSSR count). The summed E-state index contributed by atoms with van der Waals surface area (Å²) in [5.74, 6) is -0.811. The smallest absolute Gasteiger partial charge is 0.272 e. The summed E-state index contributed by atoms with van der Waals surface area (Å²) < 4.78 is 14.9. The van der Waals surface area contributed by atoms with Gasteiger partial charge in [0.1, 0.15) is 5.82 Å². The van der Waals surface area contributed by atoms with Gasteiger partial charge in [0.05, 0.1) is 16.8 Å². The van der Waals surface area contributed by atoms with Crippen LogP contribution in [0.2, 0.25) is 0 Å². The third-order valence-corrected chi connectivity index (χ3v) is 7.20. The van der Waals surface area contributed by atoms with Crippen molar-refractivity contribution in [2.75, 3.05) is 18.1 Å². The quantitative estimate of drug-likeness (QED) is 0.121. The van der Waals surface area contributed by atoms with Crippen molar-refractivity contribution >= 4 is 50.9 Å². The van der Waals surface area contributed by atoms with Crippen LogP contribution in [0.4, 0.5) is 15.8 Å². The van der Waals surface area contributed by atoms with Gasteiger partial charge in [-0.1, -0.05) is 49.0 Å². The Morgan fingerprint density at radius 1 is 1.07 bits per heavy atom. The number of benzene rings is 3. The van der Waals surface area contributed by atoms with E-state index in [1.807, 2.05) is 37.3 Å². The van der Waals surface area contributed by atoms with Crippen LogP contribution >= 0.6 is 11.8 Å². The van der Waals surface area contributed by atoms with Crippen LogP contribution in [0, 0.1) is 5.82 Å². The highest BCUT2D eigenvalue weighted by Gasteiger charge is 2.13. The molecule has 0 atom stereocenters. The van der Waals surface area contributed by atoms with Crippen molar-refractivity contribution < 1.29 is 19.7 Å². The summed E-state index contributed by atoms with van der Waals surface area (Å²) in [5.41, 5.74) is 8.03. The van der Waals surface area contributed by atoms with Crippen molar-refractivity contribution in [3.63, 3.8) is 0 Å². The van der Waals surface area contributed by atoms with Crippen molar-refractivity contribution in [3.8, 4) is 11.1 Å². The van der Waals surface area contributed by atoms with Gasteiger partial charge in [0.2, 0.25) is 11.8 Å². The van der Waals surface area contributed by atoms with Crippen LogP contribution in [-0.2, 0) is 16.0 Å². The van der Waals surface area contributed by atoms with E-state index in [0.717, 1.165) is 23.1 Å². The first-order valence-corrected chi connectivity index (χ1v) is 14.9. The van der Waals surface area contributed by atoms with Crippen molar-refractivity contribution in [2.24, 2.45) is 4.99 Å². The van der Waals surface area contributed by atoms with E-state index in [0.29, 0.717) is 58.9 Å². The lowest BCUT2D eigenvalue weighted by atomic mass is 9.98.